The van der Waals surface area contributed by atoms with Gasteiger partial charge in [-0.2, -0.15) is 5.10 Å². The molecule has 0 aliphatic heterocycles. The molecule has 0 aliphatic carbocycles. The second kappa shape index (κ2) is 11.5. The molecule has 0 bridgehead atoms. The number of nitrogens with one attached hydrogen (secondary N) is 2. The molecule has 214 valence electrons. The van der Waals surface area contributed by atoms with Gasteiger partial charge in [-0.25, -0.2) is 18.4 Å². The number of hydrogen-bond donors (Lipinski definition) is 2. The average molecular weight is 619 g/mol. The molecular weight excluding hydrogens is 595 g/mol. The Kier molecular flexibility index (Phi) is 8.00. The Balaban J connectivity index is 1.67. The van der Waals surface area contributed by atoms with Crippen LogP contribution in [0.4, 0.5) is 5.95 Å². The average Bonchev–Trinajstić information content (AvgIpc) is 3.56. The summed E-state index contributed by atoms with van der Waals surface area (Å²) in [4.78, 5) is 8.25. The van der Waals surface area contributed by atoms with E-state index in [9.17, 15) is 8.42 Å². The summed E-state index contributed by atoms with van der Waals surface area (Å²) < 4.78 is 48.2. The number of anilines is 1. The maximum atomic E-state index is 13.7. The van der Waals surface area contributed by atoms with Crippen molar-refractivity contribution in [2.45, 2.75) is 18.3 Å². The van der Waals surface area contributed by atoms with E-state index in [0.29, 0.717) is 43.8 Å². The number of fused-ring (bicyclic) bond motifs is 1. The lowest BCUT2D eigenvalue weighted by molar-refractivity contribution is 0.0950. The van der Waals surface area contributed by atoms with Crippen molar-refractivity contribution in [1.29, 1.82) is 0 Å². The van der Waals surface area contributed by atoms with E-state index < -0.39 is 21.4 Å². The van der Waals surface area contributed by atoms with Gasteiger partial charge in [0, 0.05) is 29.9 Å². The number of para-hydroxylation sites is 1. The van der Waals surface area contributed by atoms with Gasteiger partial charge in [-0.05, 0) is 37.3 Å². The maximum absolute atomic E-state index is 13.7. The molecule has 2 N–H and O–H groups in total. The highest BCUT2D eigenvalue weighted by Crippen LogP contribution is 2.39. The fourth-order valence-corrected chi connectivity index (χ4v) is 5.68. The first-order chi connectivity index (χ1) is 19.7. The first-order valence-electron chi connectivity index (χ1n) is 12.0. The van der Waals surface area contributed by atoms with E-state index in [2.05, 4.69) is 35.1 Å². The number of nitrogens with zero attached hydrogens (tertiary/aromatic N) is 6. The van der Waals surface area contributed by atoms with Crippen LogP contribution in [0.1, 0.15) is 18.9 Å². The minimum atomic E-state index is -4.20. The predicted molar refractivity (Wildman–Crippen MR) is 153 cm³/mol. The van der Waals surface area contributed by atoms with Gasteiger partial charge in [0.2, 0.25) is 16.0 Å². The molecule has 5 rings (SSSR count). The molecule has 0 aliphatic rings. The Hall–Kier alpha value is -3.98. The Morgan fingerprint density at radius 3 is 2.29 bits per heavy atom. The van der Waals surface area contributed by atoms with Gasteiger partial charge in [0.05, 0.1) is 24.8 Å². The minimum absolute atomic E-state index is 0.142. The Morgan fingerprint density at radius 1 is 0.976 bits per heavy atom. The van der Waals surface area contributed by atoms with Crippen molar-refractivity contribution >= 4 is 50.1 Å². The molecule has 5 aromatic rings. The van der Waals surface area contributed by atoms with Crippen LogP contribution in [0.5, 0.6) is 11.5 Å². The molecule has 0 saturated heterocycles. The topological polar surface area (TPSA) is 159 Å². The zero-order valence-corrected chi connectivity index (χ0v) is 24.5. The molecular formula is C25H24Cl2N8O5S. The second-order valence-corrected chi connectivity index (χ2v) is 11.6. The molecule has 0 spiro atoms. The van der Waals surface area contributed by atoms with E-state index in [0.717, 1.165) is 0 Å². The van der Waals surface area contributed by atoms with E-state index in [1.807, 2.05) is 0 Å². The Bertz CT molecular complexity index is 1790. The molecule has 2 atom stereocenters. The number of rotatable bonds is 10. The van der Waals surface area contributed by atoms with Crippen molar-refractivity contribution in [3.63, 3.8) is 0 Å². The summed E-state index contributed by atoms with van der Waals surface area (Å²) in [5.41, 5.74) is 1.39. The molecule has 0 saturated carbocycles. The third kappa shape index (κ3) is 5.38. The Morgan fingerprint density at radius 2 is 1.66 bits per heavy atom. The quantitative estimate of drug-likeness (QED) is 0.229. The van der Waals surface area contributed by atoms with Crippen molar-refractivity contribution < 1.29 is 22.6 Å². The molecule has 2 aromatic carbocycles. The van der Waals surface area contributed by atoms with Gasteiger partial charge in [-0.15, -0.1) is 10.2 Å². The standard InChI is InChI=1S/C25H24Cl2N8O5S/c1-13(22(40-4)23-28-11-15(27)12-29-23)41(36,37)34-25-33-32-24(20-16-10-14(26)8-9-17(16)30-31-20)35(25)21-18(38-2)6-5-7-19(21)39-3/h5-13,22H,1-4H3,(H,30,31)(H,33,34). The number of ether oxygens (including phenoxy) is 3. The first-order valence-corrected chi connectivity index (χ1v) is 14.3. The maximum Gasteiger partial charge on any atom is 0.243 e. The normalized spacial score (nSPS) is 13.2. The largest absolute Gasteiger partial charge is 0.494 e. The summed E-state index contributed by atoms with van der Waals surface area (Å²) >= 11 is 12.2. The summed E-state index contributed by atoms with van der Waals surface area (Å²) in [6.07, 6.45) is 1.69. The van der Waals surface area contributed by atoms with Crippen LogP contribution in [0.15, 0.2) is 48.8 Å². The van der Waals surface area contributed by atoms with Crippen molar-refractivity contribution in [2.75, 3.05) is 26.1 Å². The van der Waals surface area contributed by atoms with Crippen molar-refractivity contribution in [3.05, 3.63) is 64.7 Å². The van der Waals surface area contributed by atoms with Crippen LogP contribution in [0, 0.1) is 0 Å². The van der Waals surface area contributed by atoms with Crippen LogP contribution in [0.3, 0.4) is 0 Å². The third-order valence-corrected chi connectivity index (χ3v) is 8.45. The van der Waals surface area contributed by atoms with E-state index in [1.54, 1.807) is 36.4 Å². The summed E-state index contributed by atoms with van der Waals surface area (Å²) in [6, 6.07) is 10.3. The minimum Gasteiger partial charge on any atom is -0.494 e. The van der Waals surface area contributed by atoms with Gasteiger partial charge in [0.1, 0.15) is 34.2 Å². The molecule has 2 unspecified atom stereocenters. The number of aromatic amines is 1. The van der Waals surface area contributed by atoms with Gasteiger partial charge in [-0.3, -0.25) is 14.4 Å². The van der Waals surface area contributed by atoms with Crippen molar-refractivity contribution in [2.24, 2.45) is 0 Å². The van der Waals surface area contributed by atoms with Gasteiger partial charge < -0.3 is 14.2 Å². The van der Waals surface area contributed by atoms with E-state index in [4.69, 9.17) is 37.4 Å². The number of sulfonamides is 1. The number of benzene rings is 2. The smallest absolute Gasteiger partial charge is 0.243 e. The lowest BCUT2D eigenvalue weighted by atomic mass is 10.2. The molecule has 0 radical (unpaired) electrons. The lowest BCUT2D eigenvalue weighted by Crippen LogP contribution is -2.33. The SMILES string of the molecule is COc1cccc(OC)c1-n1c(NS(=O)(=O)C(C)C(OC)c2ncc(Cl)cn2)nnc1-c1n[nH]c2ccc(Cl)cc12. The number of halogens is 2. The summed E-state index contributed by atoms with van der Waals surface area (Å²) in [5.74, 6) is 0.904. The van der Waals surface area contributed by atoms with Crippen LogP contribution in [-0.2, 0) is 14.8 Å². The molecule has 3 heterocycles. The van der Waals surface area contributed by atoms with E-state index in [1.165, 1.54) is 45.2 Å². The highest BCUT2D eigenvalue weighted by Gasteiger charge is 2.35. The predicted octanol–water partition coefficient (Wildman–Crippen LogP) is 4.44. The number of aromatic nitrogens is 7. The third-order valence-electron chi connectivity index (χ3n) is 6.32. The first kappa shape index (κ1) is 28.5. The highest BCUT2D eigenvalue weighted by molar-refractivity contribution is 7.93. The van der Waals surface area contributed by atoms with E-state index in [-0.39, 0.29) is 17.6 Å². The monoisotopic (exact) mass is 618 g/mol. The van der Waals surface area contributed by atoms with Crippen LogP contribution >= 0.6 is 23.2 Å². The zero-order valence-electron chi connectivity index (χ0n) is 22.2. The van der Waals surface area contributed by atoms with Crippen LogP contribution < -0.4 is 14.2 Å². The lowest BCUT2D eigenvalue weighted by Gasteiger charge is -2.22. The summed E-state index contributed by atoms with van der Waals surface area (Å²) in [6.45, 7) is 1.46. The van der Waals surface area contributed by atoms with Gasteiger partial charge >= 0.3 is 0 Å². The van der Waals surface area contributed by atoms with Gasteiger partial charge in [0.15, 0.2) is 11.6 Å². The summed E-state index contributed by atoms with van der Waals surface area (Å²) in [7, 11) is 0.123. The van der Waals surface area contributed by atoms with Gasteiger partial charge in [-0.1, -0.05) is 29.3 Å². The fraction of sp³-hybridized carbons (Fsp3) is 0.240. The molecule has 3 aromatic heterocycles. The van der Waals surface area contributed by atoms with E-state index >= 15 is 0 Å². The van der Waals surface area contributed by atoms with Crippen molar-refractivity contribution in [1.82, 2.24) is 34.9 Å². The van der Waals surface area contributed by atoms with Crippen LogP contribution in [0.25, 0.3) is 28.1 Å². The number of methoxy groups -OCH3 is 3. The fourth-order valence-electron chi connectivity index (χ4n) is 4.28. The van der Waals surface area contributed by atoms with Crippen LogP contribution in [-0.4, -0.2) is 69.9 Å². The van der Waals surface area contributed by atoms with Crippen molar-refractivity contribution in [3.8, 4) is 28.7 Å². The van der Waals surface area contributed by atoms with Gasteiger partial charge in [0.25, 0.3) is 0 Å². The number of hydrogen-bond acceptors (Lipinski definition) is 10. The molecule has 0 fully saturated rings. The highest BCUT2D eigenvalue weighted by atomic mass is 35.5. The van der Waals surface area contributed by atoms with Crippen LogP contribution in [0.2, 0.25) is 10.0 Å². The molecule has 13 nitrogen and oxygen atoms in total. The number of H-pyrrole nitrogens is 1. The molecule has 41 heavy (non-hydrogen) atoms. The Labute approximate surface area is 244 Å². The zero-order chi connectivity index (χ0) is 29.3. The molecule has 16 heteroatoms. The second-order valence-electron chi connectivity index (χ2n) is 8.72. The molecule has 0 amide bonds. The summed E-state index contributed by atoms with van der Waals surface area (Å²) in [5, 5.41) is 16.1.